The Morgan fingerprint density at radius 2 is 0.717 bits per heavy atom. The molecule has 484 valence electrons. The Bertz CT molecular complexity index is 5240. The molecule has 12 aromatic carbocycles. The highest BCUT2D eigenvalue weighted by Gasteiger charge is 2.46. The first kappa shape index (κ1) is 65.3. The highest BCUT2D eigenvalue weighted by Crippen LogP contribution is 2.56. The number of hydrogen-bond acceptors (Lipinski definition) is 11. The molecule has 0 saturated carbocycles. The SMILES string of the molecule is COc1ccc(C2(c3ccc(Oc4ccc(C(=O)c5ccc(C)cc5)cc4)cc3)c3ccccc3-c3ccccc32)cc1.Cc1ccc(C(=O)c2ccc(Oc3cccc(Oc4ccc(C(=O)c5ccc(-c6ccc(C)cc6C(=O)c6cncc(S(=O)(=O)O)c6)cc5)cc4)c3)cc2)cc1. The monoisotopic (exact) mass is 1320 g/mol. The van der Waals surface area contributed by atoms with Crippen LogP contribution in [-0.2, 0) is 15.5 Å². The van der Waals surface area contributed by atoms with E-state index in [4.69, 9.17) is 18.9 Å². The van der Waals surface area contributed by atoms with Crippen LogP contribution in [0, 0.1) is 20.8 Å². The third-order valence-electron chi connectivity index (χ3n) is 17.4. The highest BCUT2D eigenvalue weighted by atomic mass is 32.2. The van der Waals surface area contributed by atoms with E-state index in [1.165, 1.54) is 34.0 Å². The van der Waals surface area contributed by atoms with Crippen molar-refractivity contribution in [1.29, 1.82) is 0 Å². The number of hydrogen-bond donors (Lipinski definition) is 1. The maximum atomic E-state index is 13.5. The van der Waals surface area contributed by atoms with Crippen LogP contribution in [0.25, 0.3) is 22.3 Å². The fraction of sp³-hybridized carbons (Fsp3) is 0.0581. The maximum absolute atomic E-state index is 13.5. The standard InChI is InChI=1S/C46H33NO8S.C40H30O3/c1-29-6-9-32(10-7-29)44(48)34-15-19-37(20-16-34)54-39-4-3-5-40(26-39)55-38-21-17-35(18-22-38)45(49)33-13-11-31(12-14-33)42-23-8-30(2)24-43(42)46(50)36-25-41(28-47-27-36)56(51,52)53;1-27-11-13-28(14-12-27)39(41)29-15-21-33(22-16-29)43-34-25-19-31(20-26-34)40(30-17-23-32(42-2)24-18-30)37-9-5-3-7-35(37)36-8-4-6-10-38(36)40/h3-28H,1-2H3,(H,51,52,53);3-26H,1-2H3. The number of fused-ring (bicyclic) bond motifs is 3. The number of ketones is 4. The van der Waals surface area contributed by atoms with Crippen LogP contribution in [-0.4, -0.2) is 48.2 Å². The smallest absolute Gasteiger partial charge is 0.296 e. The lowest BCUT2D eigenvalue weighted by atomic mass is 9.68. The van der Waals surface area contributed by atoms with Gasteiger partial charge in [-0.3, -0.25) is 28.7 Å². The van der Waals surface area contributed by atoms with Gasteiger partial charge in [0.25, 0.3) is 10.1 Å². The molecule has 0 saturated heterocycles. The second kappa shape index (κ2) is 28.1. The zero-order valence-electron chi connectivity index (χ0n) is 54.3. The van der Waals surface area contributed by atoms with E-state index < -0.39 is 26.2 Å². The molecular formula is C86H63NO11S. The molecule has 1 aliphatic carbocycles. The van der Waals surface area contributed by atoms with Crippen molar-refractivity contribution in [2.24, 2.45) is 0 Å². The first-order valence-corrected chi connectivity index (χ1v) is 33.3. The number of aryl methyl sites for hydroxylation is 3. The van der Waals surface area contributed by atoms with Gasteiger partial charge in [0, 0.05) is 63.0 Å². The summed E-state index contributed by atoms with van der Waals surface area (Å²) in [4.78, 5) is 56.1. The molecule has 0 bridgehead atoms. The van der Waals surface area contributed by atoms with E-state index in [2.05, 4.69) is 77.8 Å². The first-order chi connectivity index (χ1) is 48.0. The number of benzene rings is 12. The van der Waals surface area contributed by atoms with E-state index in [-0.39, 0.29) is 22.9 Å². The Labute approximate surface area is 573 Å². The molecule has 1 N–H and O–H groups in total. The average Bonchev–Trinajstić information content (AvgIpc) is 1.55. The molecule has 0 atom stereocenters. The summed E-state index contributed by atoms with van der Waals surface area (Å²) in [5, 5.41) is 0. The largest absolute Gasteiger partial charge is 0.497 e. The third-order valence-corrected chi connectivity index (χ3v) is 18.2. The molecule has 13 heteroatoms. The summed E-state index contributed by atoms with van der Waals surface area (Å²) in [5.41, 5.74) is 14.8. The van der Waals surface area contributed by atoms with Crippen molar-refractivity contribution >= 4 is 33.3 Å². The Morgan fingerprint density at radius 3 is 1.14 bits per heavy atom. The molecule has 1 aliphatic rings. The zero-order valence-corrected chi connectivity index (χ0v) is 55.1. The first-order valence-electron chi connectivity index (χ1n) is 31.8. The van der Waals surface area contributed by atoms with Gasteiger partial charge in [-0.05, 0) is 187 Å². The molecule has 0 fully saturated rings. The van der Waals surface area contributed by atoms with E-state index in [1.54, 1.807) is 116 Å². The number of nitrogens with zero attached hydrogens (tertiary/aromatic N) is 1. The van der Waals surface area contributed by atoms with E-state index in [0.717, 1.165) is 46.0 Å². The highest BCUT2D eigenvalue weighted by molar-refractivity contribution is 7.85. The molecule has 1 aromatic heterocycles. The van der Waals surface area contributed by atoms with E-state index in [9.17, 15) is 32.1 Å². The molecule has 0 radical (unpaired) electrons. The minimum atomic E-state index is -4.55. The van der Waals surface area contributed by atoms with Crippen molar-refractivity contribution in [2.75, 3.05) is 7.11 Å². The summed E-state index contributed by atoms with van der Waals surface area (Å²) >= 11 is 0. The Kier molecular flexibility index (Phi) is 18.5. The maximum Gasteiger partial charge on any atom is 0.296 e. The fourth-order valence-electron chi connectivity index (χ4n) is 12.3. The molecule has 0 aliphatic heterocycles. The van der Waals surface area contributed by atoms with Gasteiger partial charge in [0.1, 0.15) is 45.1 Å². The summed E-state index contributed by atoms with van der Waals surface area (Å²) in [5.74, 6) is 3.63. The van der Waals surface area contributed by atoms with Gasteiger partial charge in [0.05, 0.1) is 12.5 Å². The molecule has 1 heterocycles. The van der Waals surface area contributed by atoms with Crippen molar-refractivity contribution in [3.63, 3.8) is 0 Å². The molecule has 0 spiro atoms. The van der Waals surface area contributed by atoms with Gasteiger partial charge in [-0.15, -0.1) is 0 Å². The number of rotatable bonds is 19. The number of aromatic nitrogens is 1. The summed E-state index contributed by atoms with van der Waals surface area (Å²) in [7, 11) is -2.86. The minimum Gasteiger partial charge on any atom is -0.497 e. The van der Waals surface area contributed by atoms with Crippen molar-refractivity contribution < 1.29 is 51.1 Å². The molecule has 0 unspecified atom stereocenters. The van der Waals surface area contributed by atoms with Gasteiger partial charge in [-0.1, -0.05) is 180 Å². The second-order valence-corrected chi connectivity index (χ2v) is 25.4. The third kappa shape index (κ3) is 14.0. The minimum absolute atomic E-state index is 0.00230. The summed E-state index contributed by atoms with van der Waals surface area (Å²) < 4.78 is 56.5. The molecule has 99 heavy (non-hydrogen) atoms. The Morgan fingerprint density at radius 1 is 0.343 bits per heavy atom. The number of carbonyl (C=O) groups excluding carboxylic acids is 4. The van der Waals surface area contributed by atoms with Crippen molar-refractivity contribution in [2.45, 2.75) is 31.1 Å². The quantitative estimate of drug-likeness (QED) is 0.0601. The van der Waals surface area contributed by atoms with Crippen LogP contribution in [0.1, 0.15) is 103 Å². The average molecular weight is 1320 g/mol. The zero-order chi connectivity index (χ0) is 68.8. The van der Waals surface area contributed by atoms with Gasteiger partial charge in [0.2, 0.25) is 0 Å². The van der Waals surface area contributed by atoms with Crippen LogP contribution in [0.4, 0.5) is 0 Å². The van der Waals surface area contributed by atoms with Crippen LogP contribution in [0.2, 0.25) is 0 Å². The Hall–Kier alpha value is -12.4. The van der Waals surface area contributed by atoms with Gasteiger partial charge in [-0.25, -0.2) is 0 Å². The summed E-state index contributed by atoms with van der Waals surface area (Å²) in [6.07, 6.45) is 2.21. The normalized spacial score (nSPS) is 11.8. The molecule has 13 aromatic rings. The van der Waals surface area contributed by atoms with Gasteiger partial charge < -0.3 is 18.9 Å². The molecule has 0 amide bonds. The van der Waals surface area contributed by atoms with Crippen LogP contribution >= 0.6 is 0 Å². The van der Waals surface area contributed by atoms with E-state index in [1.807, 2.05) is 124 Å². The number of carbonyl (C=O) groups is 4. The number of ether oxygens (including phenoxy) is 4. The van der Waals surface area contributed by atoms with Gasteiger partial charge in [-0.2, -0.15) is 8.42 Å². The van der Waals surface area contributed by atoms with E-state index in [0.29, 0.717) is 78.8 Å². The summed E-state index contributed by atoms with van der Waals surface area (Å²) in [6, 6.07) is 90.6. The van der Waals surface area contributed by atoms with E-state index >= 15 is 0 Å². The lowest BCUT2D eigenvalue weighted by molar-refractivity contribution is 0.103. The van der Waals surface area contributed by atoms with Gasteiger partial charge >= 0.3 is 0 Å². The molecule has 12 nitrogen and oxygen atoms in total. The van der Waals surface area contributed by atoms with Gasteiger partial charge in [0.15, 0.2) is 23.1 Å². The second-order valence-electron chi connectivity index (χ2n) is 24.0. The Balaban J connectivity index is 0.000000184. The summed E-state index contributed by atoms with van der Waals surface area (Å²) in [6.45, 7) is 5.82. The van der Waals surface area contributed by atoms with Crippen molar-refractivity contribution in [1.82, 2.24) is 4.98 Å². The van der Waals surface area contributed by atoms with Crippen LogP contribution in [0.5, 0.6) is 40.2 Å². The fourth-order valence-corrected chi connectivity index (χ4v) is 12.8. The van der Waals surface area contributed by atoms with Crippen molar-refractivity contribution in [3.05, 3.63) is 387 Å². The molecule has 14 rings (SSSR count). The lowest BCUT2D eigenvalue weighted by Crippen LogP contribution is -2.28. The predicted octanol–water partition coefficient (Wildman–Crippen LogP) is 19.3. The lowest BCUT2D eigenvalue weighted by Gasteiger charge is -2.34. The van der Waals surface area contributed by atoms with Crippen LogP contribution in [0.3, 0.4) is 0 Å². The number of pyridine rings is 1. The number of methoxy groups -OCH3 is 1. The van der Waals surface area contributed by atoms with Crippen molar-refractivity contribution in [3.8, 4) is 62.5 Å². The topological polar surface area (TPSA) is 172 Å². The van der Waals surface area contributed by atoms with Crippen LogP contribution < -0.4 is 18.9 Å². The molecular weight excluding hydrogens is 1260 g/mol. The van der Waals surface area contributed by atoms with Crippen LogP contribution in [0.15, 0.2) is 308 Å². The predicted molar refractivity (Wildman–Crippen MR) is 383 cm³/mol.